The van der Waals surface area contributed by atoms with E-state index in [0.29, 0.717) is 26.3 Å². The standard InChI is InChI=1S/C12H25N3O2/c1-4-14(5-2)10-11(3)13-12(16)15-6-8-17-9-7-15/h11H,4-10H2,1-3H3,(H,13,16). The van der Waals surface area contributed by atoms with E-state index in [1.807, 2.05) is 4.90 Å². The van der Waals surface area contributed by atoms with Crippen molar-refractivity contribution in [1.82, 2.24) is 15.1 Å². The number of nitrogens with zero attached hydrogens (tertiary/aromatic N) is 2. The van der Waals surface area contributed by atoms with Crippen molar-refractivity contribution in [3.63, 3.8) is 0 Å². The third-order valence-corrected chi connectivity index (χ3v) is 3.09. The zero-order valence-corrected chi connectivity index (χ0v) is 11.2. The van der Waals surface area contributed by atoms with Crippen molar-refractivity contribution in [3.05, 3.63) is 0 Å². The number of amides is 2. The van der Waals surface area contributed by atoms with Gasteiger partial charge in [-0.25, -0.2) is 4.79 Å². The maximum Gasteiger partial charge on any atom is 0.317 e. The van der Waals surface area contributed by atoms with E-state index < -0.39 is 0 Å². The van der Waals surface area contributed by atoms with Crippen LogP contribution in [-0.4, -0.2) is 67.8 Å². The molecular formula is C12H25N3O2. The molecule has 1 aliphatic heterocycles. The Morgan fingerprint density at radius 2 is 1.94 bits per heavy atom. The molecule has 1 rings (SSSR count). The number of urea groups is 1. The molecule has 1 saturated heterocycles. The molecule has 0 aromatic heterocycles. The zero-order chi connectivity index (χ0) is 12.7. The third kappa shape index (κ3) is 4.91. The molecule has 17 heavy (non-hydrogen) atoms. The topological polar surface area (TPSA) is 44.8 Å². The minimum atomic E-state index is 0.0351. The van der Waals surface area contributed by atoms with E-state index in [2.05, 4.69) is 31.0 Å². The average Bonchev–Trinajstić information content (AvgIpc) is 2.37. The van der Waals surface area contributed by atoms with Gasteiger partial charge in [0.2, 0.25) is 0 Å². The molecule has 0 aromatic carbocycles. The van der Waals surface area contributed by atoms with Crippen LogP contribution in [0.5, 0.6) is 0 Å². The van der Waals surface area contributed by atoms with Gasteiger partial charge in [0.1, 0.15) is 0 Å². The summed E-state index contributed by atoms with van der Waals surface area (Å²) in [5, 5.41) is 3.04. The summed E-state index contributed by atoms with van der Waals surface area (Å²) in [5.74, 6) is 0. The number of nitrogens with one attached hydrogen (secondary N) is 1. The quantitative estimate of drug-likeness (QED) is 0.775. The number of hydrogen-bond acceptors (Lipinski definition) is 3. The molecule has 1 heterocycles. The summed E-state index contributed by atoms with van der Waals surface area (Å²) in [4.78, 5) is 16.0. The molecule has 0 spiro atoms. The summed E-state index contributed by atoms with van der Waals surface area (Å²) in [6, 6.07) is 0.221. The van der Waals surface area contributed by atoms with E-state index in [1.165, 1.54) is 0 Å². The van der Waals surface area contributed by atoms with Crippen molar-refractivity contribution in [2.75, 3.05) is 45.9 Å². The molecule has 2 amide bonds. The molecule has 0 radical (unpaired) electrons. The average molecular weight is 243 g/mol. The van der Waals surface area contributed by atoms with Gasteiger partial charge in [0, 0.05) is 25.7 Å². The van der Waals surface area contributed by atoms with Gasteiger partial charge in [-0.3, -0.25) is 0 Å². The Bertz CT molecular complexity index is 226. The first kappa shape index (κ1) is 14.3. The Labute approximate surface area is 104 Å². The Morgan fingerprint density at radius 1 is 1.35 bits per heavy atom. The lowest BCUT2D eigenvalue weighted by atomic mass is 10.3. The number of carbonyl (C=O) groups is 1. The fraction of sp³-hybridized carbons (Fsp3) is 0.917. The van der Waals surface area contributed by atoms with Crippen LogP contribution in [0.15, 0.2) is 0 Å². The molecule has 0 bridgehead atoms. The van der Waals surface area contributed by atoms with Crippen LogP contribution >= 0.6 is 0 Å². The largest absolute Gasteiger partial charge is 0.378 e. The van der Waals surface area contributed by atoms with Gasteiger partial charge in [-0.1, -0.05) is 13.8 Å². The van der Waals surface area contributed by atoms with E-state index in [4.69, 9.17) is 4.74 Å². The number of morpholine rings is 1. The highest BCUT2D eigenvalue weighted by Crippen LogP contribution is 1.99. The molecule has 0 aromatic rings. The predicted octanol–water partition coefficient (Wildman–Crippen LogP) is 0.759. The summed E-state index contributed by atoms with van der Waals surface area (Å²) in [6.45, 7) is 12.0. The molecule has 1 aliphatic rings. The number of hydrogen-bond donors (Lipinski definition) is 1. The summed E-state index contributed by atoms with van der Waals surface area (Å²) in [6.07, 6.45) is 0. The van der Waals surface area contributed by atoms with Crippen LogP contribution in [0, 0.1) is 0 Å². The van der Waals surface area contributed by atoms with E-state index in [0.717, 1.165) is 19.6 Å². The molecular weight excluding hydrogens is 218 g/mol. The summed E-state index contributed by atoms with van der Waals surface area (Å²) < 4.78 is 5.22. The van der Waals surface area contributed by atoms with Crippen molar-refractivity contribution in [3.8, 4) is 0 Å². The van der Waals surface area contributed by atoms with E-state index in [-0.39, 0.29) is 12.1 Å². The smallest absolute Gasteiger partial charge is 0.317 e. The van der Waals surface area contributed by atoms with E-state index in [1.54, 1.807) is 0 Å². The molecule has 0 aliphatic carbocycles. The fourth-order valence-electron chi connectivity index (χ4n) is 1.98. The van der Waals surface area contributed by atoms with Gasteiger partial charge in [-0.05, 0) is 20.0 Å². The molecule has 0 saturated carbocycles. The first-order valence-electron chi connectivity index (χ1n) is 6.52. The van der Waals surface area contributed by atoms with Crippen LogP contribution in [0.2, 0.25) is 0 Å². The van der Waals surface area contributed by atoms with Crippen LogP contribution < -0.4 is 5.32 Å². The first-order valence-corrected chi connectivity index (χ1v) is 6.52. The van der Waals surface area contributed by atoms with Crippen LogP contribution in [-0.2, 0) is 4.74 Å². The first-order chi connectivity index (χ1) is 8.17. The lowest BCUT2D eigenvalue weighted by Crippen LogP contribution is -2.51. The van der Waals surface area contributed by atoms with Gasteiger partial charge in [-0.2, -0.15) is 0 Å². The molecule has 1 N–H and O–H groups in total. The van der Waals surface area contributed by atoms with Crippen LogP contribution in [0.1, 0.15) is 20.8 Å². The SMILES string of the molecule is CCN(CC)CC(C)NC(=O)N1CCOCC1. The summed E-state index contributed by atoms with van der Waals surface area (Å²) in [7, 11) is 0. The highest BCUT2D eigenvalue weighted by atomic mass is 16.5. The highest BCUT2D eigenvalue weighted by molar-refractivity contribution is 5.74. The van der Waals surface area contributed by atoms with Gasteiger partial charge >= 0.3 is 6.03 Å². The number of rotatable bonds is 5. The Kier molecular flexibility index (Phi) is 6.29. The predicted molar refractivity (Wildman–Crippen MR) is 68.2 cm³/mol. The Morgan fingerprint density at radius 3 is 2.47 bits per heavy atom. The van der Waals surface area contributed by atoms with Crippen molar-refractivity contribution >= 4 is 6.03 Å². The van der Waals surface area contributed by atoms with E-state index >= 15 is 0 Å². The number of likely N-dealkylation sites (N-methyl/N-ethyl adjacent to an activating group) is 1. The number of carbonyl (C=O) groups excluding carboxylic acids is 1. The minimum absolute atomic E-state index is 0.0351. The second kappa shape index (κ2) is 7.50. The van der Waals surface area contributed by atoms with Crippen molar-refractivity contribution in [1.29, 1.82) is 0 Å². The van der Waals surface area contributed by atoms with Crippen LogP contribution in [0.3, 0.4) is 0 Å². The van der Waals surface area contributed by atoms with Crippen molar-refractivity contribution in [2.45, 2.75) is 26.8 Å². The zero-order valence-electron chi connectivity index (χ0n) is 11.2. The minimum Gasteiger partial charge on any atom is -0.378 e. The van der Waals surface area contributed by atoms with Crippen LogP contribution in [0.25, 0.3) is 0 Å². The van der Waals surface area contributed by atoms with Gasteiger partial charge in [0.25, 0.3) is 0 Å². The summed E-state index contributed by atoms with van der Waals surface area (Å²) >= 11 is 0. The highest BCUT2D eigenvalue weighted by Gasteiger charge is 2.18. The fourth-order valence-corrected chi connectivity index (χ4v) is 1.98. The lowest BCUT2D eigenvalue weighted by Gasteiger charge is -2.30. The Hall–Kier alpha value is -0.810. The van der Waals surface area contributed by atoms with Gasteiger partial charge < -0.3 is 19.9 Å². The molecule has 100 valence electrons. The number of ether oxygens (including phenoxy) is 1. The molecule has 5 nitrogen and oxygen atoms in total. The van der Waals surface area contributed by atoms with Gasteiger partial charge in [-0.15, -0.1) is 0 Å². The van der Waals surface area contributed by atoms with Gasteiger partial charge in [0.05, 0.1) is 13.2 Å². The monoisotopic (exact) mass is 243 g/mol. The summed E-state index contributed by atoms with van der Waals surface area (Å²) in [5.41, 5.74) is 0. The maximum absolute atomic E-state index is 11.9. The maximum atomic E-state index is 11.9. The second-order valence-corrected chi connectivity index (χ2v) is 4.44. The molecule has 5 heteroatoms. The third-order valence-electron chi connectivity index (χ3n) is 3.09. The molecule has 1 atom stereocenters. The van der Waals surface area contributed by atoms with Crippen molar-refractivity contribution in [2.24, 2.45) is 0 Å². The van der Waals surface area contributed by atoms with Crippen LogP contribution in [0.4, 0.5) is 4.79 Å². The normalized spacial score (nSPS) is 18.2. The lowest BCUT2D eigenvalue weighted by molar-refractivity contribution is 0.0523. The molecule has 1 unspecified atom stereocenters. The molecule has 1 fully saturated rings. The van der Waals surface area contributed by atoms with E-state index in [9.17, 15) is 4.79 Å². The van der Waals surface area contributed by atoms with Gasteiger partial charge in [0.15, 0.2) is 0 Å². The second-order valence-electron chi connectivity index (χ2n) is 4.44. The Balaban J connectivity index is 2.29. The van der Waals surface area contributed by atoms with Crippen molar-refractivity contribution < 1.29 is 9.53 Å².